The number of rotatable bonds is 8. The van der Waals surface area contributed by atoms with E-state index in [2.05, 4.69) is 0 Å². The van der Waals surface area contributed by atoms with Crippen LogP contribution in [-0.2, 0) is 16.1 Å². The Balaban J connectivity index is 1.44. The van der Waals surface area contributed by atoms with Crippen molar-refractivity contribution in [3.8, 4) is 5.69 Å². The van der Waals surface area contributed by atoms with Crippen LogP contribution in [0.2, 0.25) is 0 Å². The number of primary amides is 1. The molecule has 0 saturated carbocycles. The van der Waals surface area contributed by atoms with E-state index in [0.717, 1.165) is 17.3 Å². The highest BCUT2D eigenvalue weighted by atomic mass is 32.2. The van der Waals surface area contributed by atoms with E-state index < -0.39 is 11.4 Å². The highest BCUT2D eigenvalue weighted by molar-refractivity contribution is 7.99. The molecule has 0 bridgehead atoms. The van der Waals surface area contributed by atoms with E-state index in [9.17, 15) is 23.6 Å². The van der Waals surface area contributed by atoms with Crippen molar-refractivity contribution in [2.75, 3.05) is 25.9 Å². The van der Waals surface area contributed by atoms with Gasteiger partial charge in [-0.15, -0.1) is 0 Å². The Morgan fingerprint density at radius 2 is 1.71 bits per heavy atom. The lowest BCUT2D eigenvalue weighted by Crippen LogP contribution is -2.41. The van der Waals surface area contributed by atoms with Crippen molar-refractivity contribution in [1.82, 2.24) is 19.4 Å². The fourth-order valence-corrected chi connectivity index (χ4v) is 5.90. The molecule has 216 valence electrons. The smallest absolute Gasteiger partial charge is 0.266 e. The Morgan fingerprint density at radius 1 is 1.02 bits per heavy atom. The van der Waals surface area contributed by atoms with Gasteiger partial charge in [-0.05, 0) is 60.9 Å². The van der Waals surface area contributed by atoms with Crippen LogP contribution >= 0.6 is 11.8 Å². The first-order valence-corrected chi connectivity index (χ1v) is 14.5. The van der Waals surface area contributed by atoms with E-state index in [1.54, 1.807) is 35.0 Å². The lowest BCUT2D eigenvalue weighted by atomic mass is 9.96. The number of carbonyl (C=O) groups is 3. The number of benzene rings is 3. The highest BCUT2D eigenvalue weighted by Gasteiger charge is 2.27. The van der Waals surface area contributed by atoms with Gasteiger partial charge in [0.05, 0.1) is 22.3 Å². The van der Waals surface area contributed by atoms with Crippen LogP contribution in [0.25, 0.3) is 16.6 Å². The molecule has 0 atom stereocenters. The number of likely N-dealkylation sites (tertiary alicyclic amines) is 1. The molecule has 3 amide bonds. The van der Waals surface area contributed by atoms with Gasteiger partial charge in [0.2, 0.25) is 11.8 Å². The number of halogens is 1. The molecule has 1 aliphatic rings. The van der Waals surface area contributed by atoms with E-state index in [1.165, 1.54) is 28.8 Å². The molecule has 4 aromatic rings. The Hall–Kier alpha value is -4.51. The molecule has 5 rings (SSSR count). The molecule has 1 saturated heterocycles. The SMILES string of the molecule is CN(Cc1ccccc1)C(=O)CSc1nc2cc(C(=O)N3CCC(C(N)=O)CC3)ccc2c(=O)n1-c1ccc(F)cc1. The second-order valence-corrected chi connectivity index (χ2v) is 11.2. The molecule has 2 heterocycles. The molecule has 9 nitrogen and oxygen atoms in total. The summed E-state index contributed by atoms with van der Waals surface area (Å²) in [6.07, 6.45) is 1.01. The molecule has 0 radical (unpaired) electrons. The number of hydrogen-bond donors (Lipinski definition) is 1. The van der Waals surface area contributed by atoms with Crippen molar-refractivity contribution in [2.24, 2.45) is 11.7 Å². The van der Waals surface area contributed by atoms with E-state index >= 15 is 0 Å². The van der Waals surface area contributed by atoms with Crippen LogP contribution in [0.1, 0.15) is 28.8 Å². The summed E-state index contributed by atoms with van der Waals surface area (Å²) in [5.41, 5.74) is 7.08. The minimum atomic E-state index is -0.449. The summed E-state index contributed by atoms with van der Waals surface area (Å²) in [5, 5.41) is 0.521. The number of thioether (sulfide) groups is 1. The van der Waals surface area contributed by atoms with Gasteiger partial charge in [-0.25, -0.2) is 9.37 Å². The van der Waals surface area contributed by atoms with Gasteiger partial charge in [-0.2, -0.15) is 0 Å². The maximum atomic E-state index is 13.7. The molecule has 1 fully saturated rings. The van der Waals surface area contributed by atoms with Crippen molar-refractivity contribution in [1.29, 1.82) is 0 Å². The molecule has 11 heteroatoms. The van der Waals surface area contributed by atoms with Crippen molar-refractivity contribution in [3.63, 3.8) is 0 Å². The van der Waals surface area contributed by atoms with Gasteiger partial charge in [0, 0.05) is 38.2 Å². The molecule has 1 aromatic heterocycles. The van der Waals surface area contributed by atoms with Crippen LogP contribution in [0.4, 0.5) is 4.39 Å². The number of nitrogens with two attached hydrogens (primary N) is 1. The van der Waals surface area contributed by atoms with Crippen molar-refractivity contribution < 1.29 is 18.8 Å². The minimum absolute atomic E-state index is 0.00983. The first-order chi connectivity index (χ1) is 20.2. The first-order valence-electron chi connectivity index (χ1n) is 13.5. The Morgan fingerprint density at radius 3 is 2.38 bits per heavy atom. The quantitative estimate of drug-likeness (QED) is 0.249. The molecule has 2 N–H and O–H groups in total. The maximum absolute atomic E-state index is 13.7. The number of nitrogens with zero attached hydrogens (tertiary/aromatic N) is 4. The Labute approximate surface area is 246 Å². The molecule has 0 aliphatic carbocycles. The monoisotopic (exact) mass is 587 g/mol. The van der Waals surface area contributed by atoms with Crippen LogP contribution in [0, 0.1) is 11.7 Å². The largest absolute Gasteiger partial charge is 0.369 e. The van der Waals surface area contributed by atoms with Gasteiger partial charge < -0.3 is 15.5 Å². The van der Waals surface area contributed by atoms with Crippen LogP contribution in [0.3, 0.4) is 0 Å². The van der Waals surface area contributed by atoms with Gasteiger partial charge in [0.25, 0.3) is 11.5 Å². The van der Waals surface area contributed by atoms with Crippen LogP contribution in [0.15, 0.2) is 82.7 Å². The molecule has 3 aromatic carbocycles. The predicted molar refractivity (Wildman–Crippen MR) is 159 cm³/mol. The summed E-state index contributed by atoms with van der Waals surface area (Å²) < 4.78 is 15.0. The minimum Gasteiger partial charge on any atom is -0.369 e. The van der Waals surface area contributed by atoms with E-state index in [4.69, 9.17) is 10.7 Å². The maximum Gasteiger partial charge on any atom is 0.266 e. The average molecular weight is 588 g/mol. The predicted octanol–water partition coefficient (Wildman–Crippen LogP) is 3.61. The number of hydrogen-bond acceptors (Lipinski definition) is 6. The molecule has 0 unspecified atom stereocenters. The molecular weight excluding hydrogens is 557 g/mol. The lowest BCUT2D eigenvalue weighted by molar-refractivity contribution is -0.127. The third-order valence-corrected chi connectivity index (χ3v) is 8.29. The van der Waals surface area contributed by atoms with Gasteiger partial charge in [0.1, 0.15) is 5.82 Å². The summed E-state index contributed by atoms with van der Waals surface area (Å²) in [5.74, 6) is -1.43. The molecular formula is C31H30FN5O4S. The number of piperidine rings is 1. The van der Waals surface area contributed by atoms with Crippen LogP contribution in [-0.4, -0.2) is 63.0 Å². The number of carbonyl (C=O) groups excluding carboxylic acids is 3. The van der Waals surface area contributed by atoms with E-state index in [-0.39, 0.29) is 39.9 Å². The lowest BCUT2D eigenvalue weighted by Gasteiger charge is -2.30. The third-order valence-electron chi connectivity index (χ3n) is 7.37. The van der Waals surface area contributed by atoms with Gasteiger partial charge in [-0.1, -0.05) is 42.1 Å². The zero-order chi connectivity index (χ0) is 29.8. The zero-order valence-corrected chi connectivity index (χ0v) is 23.9. The Kier molecular flexibility index (Phi) is 8.67. The number of fused-ring (bicyclic) bond motifs is 1. The summed E-state index contributed by atoms with van der Waals surface area (Å²) in [4.78, 5) is 59.5. The molecule has 1 aliphatic heterocycles. The Bertz CT molecular complexity index is 1690. The molecule has 42 heavy (non-hydrogen) atoms. The van der Waals surface area contributed by atoms with Gasteiger partial charge in [-0.3, -0.25) is 23.7 Å². The summed E-state index contributed by atoms with van der Waals surface area (Å²) in [6, 6.07) is 19.8. The number of amides is 3. The summed E-state index contributed by atoms with van der Waals surface area (Å²) in [6.45, 7) is 1.24. The fourth-order valence-electron chi connectivity index (χ4n) is 4.94. The second-order valence-electron chi connectivity index (χ2n) is 10.2. The van der Waals surface area contributed by atoms with Crippen molar-refractivity contribution >= 4 is 40.4 Å². The fraction of sp³-hybridized carbons (Fsp3) is 0.258. The van der Waals surface area contributed by atoms with E-state index in [0.29, 0.717) is 49.2 Å². The topological polar surface area (TPSA) is 119 Å². The molecule has 0 spiro atoms. The average Bonchev–Trinajstić information content (AvgIpc) is 3.00. The van der Waals surface area contributed by atoms with Crippen LogP contribution < -0.4 is 11.3 Å². The van der Waals surface area contributed by atoms with E-state index in [1.807, 2.05) is 30.3 Å². The number of aromatic nitrogens is 2. The standard InChI is InChI=1S/C31H30FN5O4S/c1-35(18-20-5-3-2-4-6-20)27(38)19-42-31-34-26-17-22(29(40)36-15-13-21(14-16-36)28(33)39)7-12-25(26)30(41)37(31)24-10-8-23(32)9-11-24/h2-12,17,21H,13-16,18-19H2,1H3,(H2,33,39). The second kappa shape index (κ2) is 12.6. The third kappa shape index (κ3) is 6.36. The van der Waals surface area contributed by atoms with Crippen LogP contribution in [0.5, 0.6) is 0 Å². The normalized spacial score (nSPS) is 13.7. The highest BCUT2D eigenvalue weighted by Crippen LogP contribution is 2.24. The van der Waals surface area contributed by atoms with Gasteiger partial charge in [0.15, 0.2) is 5.16 Å². The van der Waals surface area contributed by atoms with Crippen molar-refractivity contribution in [2.45, 2.75) is 24.5 Å². The van der Waals surface area contributed by atoms with Crippen molar-refractivity contribution in [3.05, 3.63) is 100 Å². The summed E-state index contributed by atoms with van der Waals surface area (Å²) in [7, 11) is 1.71. The van der Waals surface area contributed by atoms with Gasteiger partial charge >= 0.3 is 0 Å². The first kappa shape index (κ1) is 29.0. The summed E-state index contributed by atoms with van der Waals surface area (Å²) >= 11 is 1.10. The zero-order valence-electron chi connectivity index (χ0n) is 23.0.